The topological polar surface area (TPSA) is 59.6 Å². The normalized spacial score (nSPS) is 10.3. The Balaban J connectivity index is 1.77. The van der Waals surface area contributed by atoms with Crippen LogP contribution in [0.3, 0.4) is 0 Å². The fraction of sp³-hybridized carbons (Fsp3) is 0.316. The Morgan fingerprint density at radius 2 is 2.08 bits per heavy atom. The van der Waals surface area contributed by atoms with Crippen molar-refractivity contribution in [3.63, 3.8) is 0 Å². The molecule has 1 amide bonds. The van der Waals surface area contributed by atoms with Crippen LogP contribution in [-0.2, 0) is 6.54 Å². The third-order valence-electron chi connectivity index (χ3n) is 3.36. The van der Waals surface area contributed by atoms with Crippen LogP contribution < -0.4 is 20.1 Å². The first kappa shape index (κ1) is 19.0. The summed E-state index contributed by atoms with van der Waals surface area (Å²) in [5.74, 6) is 1.38. The molecule has 0 aliphatic rings. The van der Waals surface area contributed by atoms with E-state index in [0.29, 0.717) is 37.7 Å². The maximum absolute atomic E-state index is 11.8. The van der Waals surface area contributed by atoms with Crippen molar-refractivity contribution in [3.8, 4) is 11.5 Å². The van der Waals surface area contributed by atoms with E-state index in [4.69, 9.17) is 9.47 Å². The van der Waals surface area contributed by atoms with E-state index in [1.807, 2.05) is 42.6 Å². The van der Waals surface area contributed by atoms with Gasteiger partial charge in [-0.1, -0.05) is 18.7 Å². The van der Waals surface area contributed by atoms with Gasteiger partial charge >= 0.3 is 0 Å². The number of amides is 1. The molecule has 0 spiro atoms. The number of benzene rings is 1. The predicted molar refractivity (Wildman–Crippen MR) is 102 cm³/mol. The standard InChI is InChI=1S/C19H24N2O3S/c1-14(2)13-24-17-11-15(6-7-16(17)23-3)12-20-8-9-21-19(22)18-5-4-10-25-18/h4-7,10-11,20H,1,8-9,12-13H2,2-3H3,(H,21,22). The number of hydrogen-bond donors (Lipinski definition) is 2. The highest BCUT2D eigenvalue weighted by molar-refractivity contribution is 7.12. The zero-order valence-corrected chi connectivity index (χ0v) is 15.4. The van der Waals surface area contributed by atoms with Gasteiger partial charge in [0.2, 0.25) is 0 Å². The van der Waals surface area contributed by atoms with E-state index in [9.17, 15) is 4.79 Å². The van der Waals surface area contributed by atoms with E-state index >= 15 is 0 Å². The number of carbonyl (C=O) groups excluding carboxylic acids is 1. The van der Waals surface area contributed by atoms with Crippen molar-refractivity contribution in [1.82, 2.24) is 10.6 Å². The fourth-order valence-corrected chi connectivity index (χ4v) is 2.78. The van der Waals surface area contributed by atoms with Crippen molar-refractivity contribution < 1.29 is 14.3 Å². The second kappa shape index (κ2) is 9.86. The van der Waals surface area contributed by atoms with E-state index in [1.165, 1.54) is 11.3 Å². The molecular weight excluding hydrogens is 336 g/mol. The maximum atomic E-state index is 11.8. The van der Waals surface area contributed by atoms with Crippen LogP contribution in [0.2, 0.25) is 0 Å². The number of ether oxygens (including phenoxy) is 2. The average molecular weight is 360 g/mol. The molecule has 0 aliphatic heterocycles. The van der Waals surface area contributed by atoms with Gasteiger partial charge in [-0.05, 0) is 41.6 Å². The van der Waals surface area contributed by atoms with Gasteiger partial charge in [0.1, 0.15) is 6.61 Å². The average Bonchev–Trinajstić information content (AvgIpc) is 3.14. The molecule has 0 fully saturated rings. The Labute approximate surface area is 152 Å². The summed E-state index contributed by atoms with van der Waals surface area (Å²) >= 11 is 1.44. The first-order chi connectivity index (χ1) is 12.1. The van der Waals surface area contributed by atoms with Crippen LogP contribution >= 0.6 is 11.3 Å². The summed E-state index contributed by atoms with van der Waals surface area (Å²) in [5, 5.41) is 8.09. The lowest BCUT2D eigenvalue weighted by molar-refractivity contribution is 0.0958. The molecule has 0 saturated carbocycles. The van der Waals surface area contributed by atoms with Crippen LogP contribution in [-0.4, -0.2) is 32.7 Å². The smallest absolute Gasteiger partial charge is 0.261 e. The molecule has 1 heterocycles. The van der Waals surface area contributed by atoms with Gasteiger partial charge in [-0.3, -0.25) is 4.79 Å². The summed E-state index contributed by atoms with van der Waals surface area (Å²) < 4.78 is 11.0. The Hall–Kier alpha value is -2.31. The highest BCUT2D eigenvalue weighted by Crippen LogP contribution is 2.28. The molecule has 0 unspecified atom stereocenters. The molecule has 0 atom stereocenters. The molecule has 2 rings (SSSR count). The van der Waals surface area contributed by atoms with Gasteiger partial charge in [-0.25, -0.2) is 0 Å². The molecule has 0 radical (unpaired) electrons. The zero-order valence-electron chi connectivity index (χ0n) is 14.6. The summed E-state index contributed by atoms with van der Waals surface area (Å²) in [4.78, 5) is 12.5. The van der Waals surface area contributed by atoms with Crippen LogP contribution in [0.25, 0.3) is 0 Å². The maximum Gasteiger partial charge on any atom is 0.261 e. The van der Waals surface area contributed by atoms with E-state index in [0.717, 1.165) is 16.0 Å². The molecule has 2 aromatic rings. The molecule has 134 valence electrons. The lowest BCUT2D eigenvalue weighted by atomic mass is 10.2. The Kier molecular flexibility index (Phi) is 7.50. The van der Waals surface area contributed by atoms with Gasteiger partial charge in [0.05, 0.1) is 12.0 Å². The van der Waals surface area contributed by atoms with E-state index in [-0.39, 0.29) is 5.91 Å². The summed E-state index contributed by atoms with van der Waals surface area (Å²) in [6.45, 7) is 8.16. The molecule has 1 aromatic heterocycles. The van der Waals surface area contributed by atoms with Crippen LogP contribution in [0, 0.1) is 0 Å². The van der Waals surface area contributed by atoms with Gasteiger partial charge in [0.25, 0.3) is 5.91 Å². The lowest BCUT2D eigenvalue weighted by Gasteiger charge is -2.13. The van der Waals surface area contributed by atoms with Gasteiger partial charge in [-0.15, -0.1) is 11.3 Å². The monoisotopic (exact) mass is 360 g/mol. The molecule has 5 nitrogen and oxygen atoms in total. The summed E-state index contributed by atoms with van der Waals surface area (Å²) in [6.07, 6.45) is 0. The number of thiophene rings is 1. The fourth-order valence-electron chi connectivity index (χ4n) is 2.14. The molecule has 0 aliphatic carbocycles. The number of hydrogen-bond acceptors (Lipinski definition) is 5. The number of carbonyl (C=O) groups is 1. The van der Waals surface area contributed by atoms with Crippen molar-refractivity contribution >= 4 is 17.2 Å². The van der Waals surface area contributed by atoms with E-state index in [1.54, 1.807) is 7.11 Å². The van der Waals surface area contributed by atoms with E-state index in [2.05, 4.69) is 17.2 Å². The number of methoxy groups -OCH3 is 1. The molecule has 1 aromatic carbocycles. The quantitative estimate of drug-likeness (QED) is 0.504. The first-order valence-electron chi connectivity index (χ1n) is 8.06. The highest BCUT2D eigenvalue weighted by atomic mass is 32.1. The van der Waals surface area contributed by atoms with E-state index < -0.39 is 0 Å². The minimum absolute atomic E-state index is 0.0308. The Morgan fingerprint density at radius 3 is 2.76 bits per heavy atom. The molecular formula is C19H24N2O3S. The molecule has 25 heavy (non-hydrogen) atoms. The number of nitrogens with one attached hydrogen (secondary N) is 2. The van der Waals surface area contributed by atoms with Crippen LogP contribution in [0.1, 0.15) is 22.2 Å². The Morgan fingerprint density at radius 1 is 1.24 bits per heavy atom. The number of rotatable bonds is 10. The SMILES string of the molecule is C=C(C)COc1cc(CNCCNC(=O)c2cccs2)ccc1OC. The van der Waals surface area contributed by atoms with Crippen molar-refractivity contribution in [2.75, 3.05) is 26.8 Å². The van der Waals surface area contributed by atoms with Crippen molar-refractivity contribution in [2.45, 2.75) is 13.5 Å². The summed E-state index contributed by atoms with van der Waals surface area (Å²) in [7, 11) is 1.62. The largest absolute Gasteiger partial charge is 0.493 e. The van der Waals surface area contributed by atoms with Crippen molar-refractivity contribution in [2.24, 2.45) is 0 Å². The van der Waals surface area contributed by atoms with Crippen molar-refractivity contribution in [3.05, 3.63) is 58.3 Å². The second-order valence-corrected chi connectivity index (χ2v) is 6.59. The summed E-state index contributed by atoms with van der Waals surface area (Å²) in [6, 6.07) is 9.53. The van der Waals surface area contributed by atoms with Gasteiger partial charge in [0, 0.05) is 19.6 Å². The van der Waals surface area contributed by atoms with Crippen LogP contribution in [0.5, 0.6) is 11.5 Å². The van der Waals surface area contributed by atoms with Crippen LogP contribution in [0.4, 0.5) is 0 Å². The first-order valence-corrected chi connectivity index (χ1v) is 8.94. The zero-order chi connectivity index (χ0) is 18.1. The Bertz CT molecular complexity index is 699. The lowest BCUT2D eigenvalue weighted by Crippen LogP contribution is -2.31. The van der Waals surface area contributed by atoms with Crippen LogP contribution in [0.15, 0.2) is 47.9 Å². The van der Waals surface area contributed by atoms with Crippen molar-refractivity contribution in [1.29, 1.82) is 0 Å². The summed E-state index contributed by atoms with van der Waals surface area (Å²) in [5.41, 5.74) is 2.04. The third-order valence-corrected chi connectivity index (χ3v) is 4.23. The molecule has 0 bridgehead atoms. The van der Waals surface area contributed by atoms with Gasteiger partial charge < -0.3 is 20.1 Å². The molecule has 0 saturated heterocycles. The minimum Gasteiger partial charge on any atom is -0.493 e. The van der Waals surface area contributed by atoms with Gasteiger partial charge in [0.15, 0.2) is 11.5 Å². The second-order valence-electron chi connectivity index (χ2n) is 5.64. The minimum atomic E-state index is -0.0308. The third kappa shape index (κ3) is 6.25. The van der Waals surface area contributed by atoms with Gasteiger partial charge in [-0.2, -0.15) is 0 Å². The predicted octanol–water partition coefficient (Wildman–Crippen LogP) is 3.23. The molecule has 2 N–H and O–H groups in total. The highest BCUT2D eigenvalue weighted by Gasteiger charge is 2.07. The molecule has 6 heteroatoms.